The number of aliphatic imine (C=N–C) groups is 3. The Morgan fingerprint density at radius 1 is 1.22 bits per heavy atom. The van der Waals surface area contributed by atoms with Gasteiger partial charge in [-0.2, -0.15) is 9.98 Å². The third kappa shape index (κ3) is 14.3. The van der Waals surface area contributed by atoms with E-state index in [2.05, 4.69) is 27.1 Å². The predicted molar refractivity (Wildman–Crippen MR) is 113 cm³/mol. The third-order valence-electron chi connectivity index (χ3n) is 3.37. The van der Waals surface area contributed by atoms with E-state index in [1.807, 2.05) is 33.1 Å². The number of amidine groups is 1. The highest BCUT2D eigenvalue weighted by molar-refractivity contribution is 5.82. The van der Waals surface area contributed by atoms with Crippen molar-refractivity contribution < 1.29 is 9.47 Å². The van der Waals surface area contributed by atoms with Crippen LogP contribution in [-0.2, 0) is 9.47 Å². The molecule has 1 unspecified atom stereocenters. The van der Waals surface area contributed by atoms with Crippen LogP contribution in [0, 0.1) is 0 Å². The van der Waals surface area contributed by atoms with Crippen LogP contribution in [0.1, 0.15) is 46.5 Å². The highest BCUT2D eigenvalue weighted by Gasteiger charge is 2.15. The third-order valence-corrected chi connectivity index (χ3v) is 3.37. The van der Waals surface area contributed by atoms with Gasteiger partial charge in [-0.25, -0.2) is 0 Å². The summed E-state index contributed by atoms with van der Waals surface area (Å²) < 4.78 is 10.9. The van der Waals surface area contributed by atoms with E-state index in [0.717, 1.165) is 50.5 Å². The number of hydrogen-bond donors (Lipinski definition) is 3. The first kappa shape index (κ1) is 24.4. The summed E-state index contributed by atoms with van der Waals surface area (Å²) in [5.74, 6) is 0.121. The van der Waals surface area contributed by atoms with Crippen LogP contribution in [-0.4, -0.2) is 37.9 Å². The first-order chi connectivity index (χ1) is 13.1. The average Bonchev–Trinajstić information content (AvgIpc) is 2.68. The molecule has 1 fully saturated rings. The van der Waals surface area contributed by atoms with Gasteiger partial charge < -0.3 is 26.7 Å². The Balaban J connectivity index is 0.000000580. The topological polar surface area (TPSA) is 134 Å². The smallest absolute Gasteiger partial charge is 0.319 e. The van der Waals surface area contributed by atoms with Crippen LogP contribution in [0.25, 0.3) is 0 Å². The van der Waals surface area contributed by atoms with Gasteiger partial charge >= 0.3 is 6.02 Å². The molecule has 1 rings (SSSR count). The number of hydrogen-bond acceptors (Lipinski definition) is 6. The van der Waals surface area contributed by atoms with E-state index in [4.69, 9.17) is 26.7 Å². The van der Waals surface area contributed by atoms with E-state index in [1.54, 1.807) is 0 Å². The first-order valence-corrected chi connectivity index (χ1v) is 9.08. The minimum absolute atomic E-state index is 0.0741. The summed E-state index contributed by atoms with van der Waals surface area (Å²) in [6.07, 6.45) is 14.6. The molecule has 0 aromatic rings. The lowest BCUT2D eigenvalue weighted by Gasteiger charge is -2.22. The summed E-state index contributed by atoms with van der Waals surface area (Å²) in [7, 11) is 0. The number of rotatable bonds is 6. The Bertz CT molecular complexity index is 559. The maximum Gasteiger partial charge on any atom is 0.319 e. The van der Waals surface area contributed by atoms with Gasteiger partial charge in [0.25, 0.3) is 0 Å². The van der Waals surface area contributed by atoms with Crippen molar-refractivity contribution in [1.29, 1.82) is 0 Å². The van der Waals surface area contributed by atoms with Gasteiger partial charge in [-0.05, 0) is 46.5 Å². The monoisotopic (exact) mass is 378 g/mol. The summed E-state index contributed by atoms with van der Waals surface area (Å²) in [4.78, 5) is 11.7. The molecule has 27 heavy (non-hydrogen) atoms. The Morgan fingerprint density at radius 3 is 2.56 bits per heavy atom. The molecule has 0 amide bonds. The molecular formula is C19H34N6O2. The summed E-state index contributed by atoms with van der Waals surface area (Å²) in [5, 5.41) is 0. The SMILES string of the molecule is CC=NC(C)=CC/C=C/C.N/C=N/C(=N\C(N)=C\N)OCC1CCCCO1. The van der Waals surface area contributed by atoms with E-state index in [1.165, 1.54) is 0 Å². The Labute approximate surface area is 162 Å². The number of nitrogens with two attached hydrogens (primary N) is 3. The molecule has 0 spiro atoms. The van der Waals surface area contributed by atoms with Crippen molar-refractivity contribution in [3.8, 4) is 0 Å². The Morgan fingerprint density at radius 2 is 2.00 bits per heavy atom. The quantitative estimate of drug-likeness (QED) is 0.371. The van der Waals surface area contributed by atoms with Crippen molar-refractivity contribution in [2.75, 3.05) is 13.2 Å². The van der Waals surface area contributed by atoms with E-state index in [-0.39, 0.29) is 17.9 Å². The van der Waals surface area contributed by atoms with Crippen LogP contribution in [0.5, 0.6) is 0 Å². The van der Waals surface area contributed by atoms with Crippen molar-refractivity contribution in [2.24, 2.45) is 32.2 Å². The molecule has 1 saturated heterocycles. The minimum Gasteiger partial charge on any atom is -0.461 e. The van der Waals surface area contributed by atoms with Crippen LogP contribution in [0.2, 0.25) is 0 Å². The van der Waals surface area contributed by atoms with Crippen LogP contribution < -0.4 is 17.2 Å². The second-order valence-corrected chi connectivity index (χ2v) is 5.60. The van der Waals surface area contributed by atoms with Gasteiger partial charge in [0.1, 0.15) is 12.4 Å². The number of allylic oxidation sites excluding steroid dienone is 4. The molecule has 0 bridgehead atoms. The van der Waals surface area contributed by atoms with Crippen molar-refractivity contribution in [2.45, 2.75) is 52.6 Å². The zero-order chi connectivity index (χ0) is 20.3. The lowest BCUT2D eigenvalue weighted by molar-refractivity contribution is -0.0141. The lowest BCUT2D eigenvalue weighted by Crippen LogP contribution is -2.26. The van der Waals surface area contributed by atoms with Crippen molar-refractivity contribution >= 4 is 18.6 Å². The number of ether oxygens (including phenoxy) is 2. The molecule has 0 saturated carbocycles. The Kier molecular flexibility index (Phi) is 15.2. The molecule has 0 radical (unpaired) electrons. The van der Waals surface area contributed by atoms with Crippen LogP contribution >= 0.6 is 0 Å². The average molecular weight is 379 g/mol. The first-order valence-electron chi connectivity index (χ1n) is 9.08. The molecule has 152 valence electrons. The molecule has 1 heterocycles. The van der Waals surface area contributed by atoms with Crippen LogP contribution in [0.4, 0.5) is 0 Å². The minimum atomic E-state index is 0.0741. The largest absolute Gasteiger partial charge is 0.461 e. The maximum atomic E-state index is 5.50. The molecule has 1 atom stereocenters. The highest BCUT2D eigenvalue weighted by atomic mass is 16.5. The number of nitrogens with zero attached hydrogens (tertiary/aromatic N) is 3. The normalized spacial score (nSPS) is 19.5. The van der Waals surface area contributed by atoms with E-state index < -0.39 is 0 Å². The Hall–Kier alpha value is -2.61. The lowest BCUT2D eigenvalue weighted by atomic mass is 10.1. The summed E-state index contributed by atoms with van der Waals surface area (Å²) in [6, 6.07) is 0.0841. The van der Waals surface area contributed by atoms with E-state index >= 15 is 0 Å². The van der Waals surface area contributed by atoms with Crippen molar-refractivity contribution in [1.82, 2.24) is 0 Å². The molecule has 8 nitrogen and oxygen atoms in total. The van der Waals surface area contributed by atoms with E-state index in [0.29, 0.717) is 6.61 Å². The van der Waals surface area contributed by atoms with Gasteiger partial charge in [-0.15, -0.1) is 0 Å². The molecule has 1 aliphatic heterocycles. The van der Waals surface area contributed by atoms with Gasteiger partial charge in [0.15, 0.2) is 0 Å². The van der Waals surface area contributed by atoms with Gasteiger partial charge in [-0.3, -0.25) is 4.99 Å². The van der Waals surface area contributed by atoms with Gasteiger partial charge in [0.2, 0.25) is 0 Å². The van der Waals surface area contributed by atoms with Crippen LogP contribution in [0.15, 0.2) is 50.9 Å². The standard InChI is InChI=1S/C10H19N5O2.C9H15N/c11-5-9(13)15-10(14-7-12)17-6-8-3-1-2-4-16-8;1-4-6-7-8-9(3)10-5-2/h5,7-8H,1-4,6,11,13H2,(H2,12,14,15);4-6,8H,7H2,1-3H3/b9-5+;6-4+,9-8?,10-5?. The molecule has 0 aromatic carbocycles. The van der Waals surface area contributed by atoms with Gasteiger partial charge in [0, 0.05) is 24.7 Å². The van der Waals surface area contributed by atoms with Gasteiger partial charge in [-0.1, -0.05) is 18.2 Å². The summed E-state index contributed by atoms with van der Waals surface area (Å²) >= 11 is 0. The fourth-order valence-corrected chi connectivity index (χ4v) is 2.05. The zero-order valence-corrected chi connectivity index (χ0v) is 16.7. The summed E-state index contributed by atoms with van der Waals surface area (Å²) in [5.41, 5.74) is 16.9. The molecule has 1 aliphatic rings. The molecule has 6 N–H and O–H groups in total. The highest BCUT2D eigenvalue weighted by Crippen LogP contribution is 2.13. The maximum absolute atomic E-state index is 5.50. The summed E-state index contributed by atoms with van der Waals surface area (Å²) in [6.45, 7) is 7.10. The molecule has 0 aliphatic carbocycles. The molecule has 8 heteroatoms. The second-order valence-electron chi connectivity index (χ2n) is 5.60. The second kappa shape index (κ2) is 16.8. The van der Waals surface area contributed by atoms with Crippen molar-refractivity contribution in [3.63, 3.8) is 0 Å². The van der Waals surface area contributed by atoms with Gasteiger partial charge in [0.05, 0.1) is 12.4 Å². The molecule has 0 aromatic heterocycles. The van der Waals surface area contributed by atoms with E-state index in [9.17, 15) is 0 Å². The fourth-order valence-electron chi connectivity index (χ4n) is 2.05. The predicted octanol–water partition coefficient (Wildman–Crippen LogP) is 2.58. The van der Waals surface area contributed by atoms with Crippen LogP contribution in [0.3, 0.4) is 0 Å². The van der Waals surface area contributed by atoms with Crippen molar-refractivity contribution in [3.05, 3.63) is 35.9 Å². The molecular weight excluding hydrogens is 344 g/mol. The fraction of sp³-hybridized carbons (Fsp3) is 0.526. The zero-order valence-electron chi connectivity index (χ0n) is 16.7.